The third-order valence-electron chi connectivity index (χ3n) is 6.42. The van der Waals surface area contributed by atoms with Crippen LogP contribution in [0.5, 0.6) is 34.5 Å². The molecule has 0 aliphatic carbocycles. The number of hydrogen-bond acceptors (Lipinski definition) is 17. The molecular formula is C29H23Na3O17S3. The van der Waals surface area contributed by atoms with Gasteiger partial charge in [0.05, 0.1) is 52.7 Å². The number of carbonyl (C=O) groups excluding carboxylic acids is 2. The summed E-state index contributed by atoms with van der Waals surface area (Å²) in [7, 11) is -11.9. The van der Waals surface area contributed by atoms with Crippen molar-refractivity contribution in [1.82, 2.24) is 0 Å². The Kier molecular flexibility index (Phi) is 19.0. The fraction of sp³-hybridized carbons (Fsp3) is 0.103. The molecule has 0 saturated heterocycles. The van der Waals surface area contributed by atoms with E-state index in [0.29, 0.717) is 24.3 Å². The van der Waals surface area contributed by atoms with Gasteiger partial charge in [0.1, 0.15) is 64.9 Å². The largest absolute Gasteiger partial charge is 1.00 e. The van der Waals surface area contributed by atoms with E-state index in [0.717, 1.165) is 33.5 Å². The minimum Gasteiger partial charge on any atom is -0.744 e. The number of phenols is 3. The third kappa shape index (κ3) is 11.9. The van der Waals surface area contributed by atoms with Gasteiger partial charge in [-0.15, -0.1) is 0 Å². The van der Waals surface area contributed by atoms with Crippen LogP contribution in [0.1, 0.15) is 31.8 Å². The van der Waals surface area contributed by atoms with Crippen molar-refractivity contribution in [3.8, 4) is 34.5 Å². The Balaban J connectivity index is 0.000000978. The number of benzene rings is 4. The molecule has 0 fully saturated rings. The number of rotatable bonds is 10. The second-order valence-corrected chi connectivity index (χ2v) is 13.5. The molecule has 17 nitrogen and oxygen atoms in total. The molecule has 262 valence electrons. The van der Waals surface area contributed by atoms with Gasteiger partial charge in [-0.2, -0.15) is 0 Å². The molecule has 0 spiro atoms. The summed E-state index contributed by atoms with van der Waals surface area (Å²) in [6.45, 7) is 0. The maximum Gasteiger partial charge on any atom is 1.00 e. The average molecular weight is 809 g/mol. The van der Waals surface area contributed by atoms with E-state index in [1.807, 2.05) is 0 Å². The molecule has 52 heavy (non-hydrogen) atoms. The first kappa shape index (κ1) is 49.8. The van der Waals surface area contributed by atoms with Gasteiger partial charge in [0.15, 0.2) is 5.78 Å². The minimum atomic E-state index is -5.12. The Bertz CT molecular complexity index is 2190. The molecule has 3 N–H and O–H groups in total. The second kappa shape index (κ2) is 19.9. The number of methoxy groups -OCH3 is 3. The van der Waals surface area contributed by atoms with Gasteiger partial charge in [-0.05, 0) is 18.2 Å². The first-order chi connectivity index (χ1) is 22.6. The van der Waals surface area contributed by atoms with Crippen molar-refractivity contribution < 1.29 is 167 Å². The molecule has 0 saturated carbocycles. The second-order valence-electron chi connectivity index (χ2n) is 9.45. The van der Waals surface area contributed by atoms with E-state index in [2.05, 4.69) is 9.47 Å². The van der Waals surface area contributed by atoms with Crippen LogP contribution in [0, 0.1) is 0 Å². The van der Waals surface area contributed by atoms with Gasteiger partial charge in [0.25, 0.3) is 0 Å². The van der Waals surface area contributed by atoms with Crippen molar-refractivity contribution in [3.63, 3.8) is 0 Å². The molecule has 0 aliphatic rings. The topological polar surface area (TPSA) is 294 Å². The standard InChI is InChI=1S/C15H14O11S2.C14H12O6S.3Na/c1-25-11-5-9(16)7(3-13(11)27(19,20)21)15(18)8-4-14(28(22,23)24)12(26-2)6-10(8)17;1-20-12-8-11(15)10(7-13(12)21(17,18)19)14(16)9-5-3-2-4-6-9;;;/h3-6,16-17H,1-2H3,(H,19,20,21)(H,22,23,24);2-8,15H,1H3,(H,17,18,19);;;/q;;3*+1/p-3. The quantitative estimate of drug-likeness (QED) is 0.0762. The Labute approximate surface area is 364 Å². The van der Waals surface area contributed by atoms with E-state index in [1.165, 1.54) is 12.1 Å². The summed E-state index contributed by atoms with van der Waals surface area (Å²) in [5.74, 6) is -5.36. The van der Waals surface area contributed by atoms with Gasteiger partial charge in [-0.25, -0.2) is 25.3 Å². The van der Waals surface area contributed by atoms with Gasteiger partial charge in [-0.3, -0.25) is 9.59 Å². The maximum absolute atomic E-state index is 12.7. The molecule has 0 radical (unpaired) electrons. The van der Waals surface area contributed by atoms with Crippen LogP contribution in [-0.4, -0.2) is 87.1 Å². The zero-order chi connectivity index (χ0) is 37.1. The number of hydrogen-bond donors (Lipinski definition) is 3. The number of ketones is 2. The predicted molar refractivity (Wildman–Crippen MR) is 161 cm³/mol. The zero-order valence-electron chi connectivity index (χ0n) is 28.1. The van der Waals surface area contributed by atoms with Crippen molar-refractivity contribution in [3.05, 3.63) is 89.0 Å². The Hall–Kier alpha value is -2.25. The molecule has 0 heterocycles. The summed E-state index contributed by atoms with van der Waals surface area (Å²) < 4.78 is 116. The van der Waals surface area contributed by atoms with Gasteiger partial charge in [0.2, 0.25) is 5.78 Å². The van der Waals surface area contributed by atoms with Crippen molar-refractivity contribution in [2.24, 2.45) is 0 Å². The molecule has 0 aromatic heterocycles. The van der Waals surface area contributed by atoms with Crippen molar-refractivity contribution >= 4 is 41.9 Å². The minimum absolute atomic E-state index is 0. The summed E-state index contributed by atoms with van der Waals surface area (Å²) in [4.78, 5) is 22.3. The van der Waals surface area contributed by atoms with Crippen LogP contribution < -0.4 is 103 Å². The normalized spacial score (nSPS) is 10.9. The summed E-state index contributed by atoms with van der Waals surface area (Å²) in [5, 5.41) is 29.8. The molecule has 23 heteroatoms. The Morgan fingerprint density at radius 1 is 0.500 bits per heavy atom. The van der Waals surface area contributed by atoms with E-state index in [4.69, 9.17) is 4.74 Å². The fourth-order valence-corrected chi connectivity index (χ4v) is 6.10. The SMILES string of the molecule is COc1cc(O)c(C(=O)c2cc(S(=O)(=O)[O-])c(OC)cc2O)cc1S(=O)(=O)[O-].COc1cc(O)c(C(=O)c2ccccc2)cc1S(=O)(=O)[O-].[Na+].[Na+].[Na+]. The molecule has 4 aromatic carbocycles. The molecule has 4 rings (SSSR count). The molecule has 0 atom stereocenters. The van der Waals surface area contributed by atoms with Crippen LogP contribution in [0.4, 0.5) is 0 Å². The summed E-state index contributed by atoms with van der Waals surface area (Å²) in [6.07, 6.45) is 0. The van der Waals surface area contributed by atoms with Crippen LogP contribution in [0.15, 0.2) is 81.4 Å². The fourth-order valence-electron chi connectivity index (χ4n) is 4.15. The van der Waals surface area contributed by atoms with Crippen LogP contribution in [-0.2, 0) is 30.4 Å². The first-order valence-corrected chi connectivity index (χ1v) is 17.1. The molecule has 0 aliphatic heterocycles. The van der Waals surface area contributed by atoms with Gasteiger partial charge >= 0.3 is 88.7 Å². The third-order valence-corrected chi connectivity index (χ3v) is 9.00. The monoisotopic (exact) mass is 808 g/mol. The van der Waals surface area contributed by atoms with Crippen molar-refractivity contribution in [2.75, 3.05) is 21.3 Å². The van der Waals surface area contributed by atoms with Gasteiger partial charge < -0.3 is 43.2 Å². The molecular weight excluding hydrogens is 785 g/mol. The summed E-state index contributed by atoms with van der Waals surface area (Å²) in [5.41, 5.74) is -1.54. The molecule has 0 unspecified atom stereocenters. The Morgan fingerprint density at radius 2 is 0.769 bits per heavy atom. The molecule has 0 amide bonds. The van der Waals surface area contributed by atoms with E-state index < -0.39 is 96.5 Å². The van der Waals surface area contributed by atoms with E-state index >= 15 is 0 Å². The van der Waals surface area contributed by atoms with E-state index in [-0.39, 0.29) is 106 Å². The molecule has 0 bridgehead atoms. The van der Waals surface area contributed by atoms with Crippen LogP contribution in [0.2, 0.25) is 0 Å². The van der Waals surface area contributed by atoms with Gasteiger partial charge in [-0.1, -0.05) is 30.3 Å². The smallest absolute Gasteiger partial charge is 0.744 e. The molecule has 4 aromatic rings. The van der Waals surface area contributed by atoms with Gasteiger partial charge in [0, 0.05) is 23.8 Å². The van der Waals surface area contributed by atoms with Crippen LogP contribution >= 0.6 is 0 Å². The number of ether oxygens (including phenoxy) is 3. The summed E-state index contributed by atoms with van der Waals surface area (Å²) >= 11 is 0. The van der Waals surface area contributed by atoms with Crippen LogP contribution in [0.25, 0.3) is 0 Å². The summed E-state index contributed by atoms with van der Waals surface area (Å²) in [6, 6.07) is 12.1. The number of carbonyl (C=O) groups is 2. The van der Waals surface area contributed by atoms with E-state index in [9.17, 15) is 63.8 Å². The average Bonchev–Trinajstić information content (AvgIpc) is 3.02. The van der Waals surface area contributed by atoms with Crippen LogP contribution in [0.3, 0.4) is 0 Å². The number of aromatic hydroxyl groups is 3. The number of phenolic OH excluding ortho intramolecular Hbond substituents is 3. The first-order valence-electron chi connectivity index (χ1n) is 12.9. The zero-order valence-corrected chi connectivity index (χ0v) is 36.6. The van der Waals surface area contributed by atoms with Crippen molar-refractivity contribution in [2.45, 2.75) is 14.7 Å². The van der Waals surface area contributed by atoms with E-state index in [1.54, 1.807) is 18.2 Å². The predicted octanol–water partition coefficient (Wildman–Crippen LogP) is -7.30. The van der Waals surface area contributed by atoms with Crippen molar-refractivity contribution in [1.29, 1.82) is 0 Å². The maximum atomic E-state index is 12.7. The Morgan fingerprint density at radius 3 is 1.02 bits per heavy atom.